The number of rotatable bonds is 7. The lowest BCUT2D eigenvalue weighted by Crippen LogP contribution is -2.32. The van der Waals surface area contributed by atoms with Gasteiger partial charge in [-0.05, 0) is 48.6 Å². The third-order valence-corrected chi connectivity index (χ3v) is 5.72. The summed E-state index contributed by atoms with van der Waals surface area (Å²) in [6, 6.07) is 13.8. The Kier molecular flexibility index (Phi) is 6.45. The highest BCUT2D eigenvalue weighted by molar-refractivity contribution is 5.92. The zero-order valence-electron chi connectivity index (χ0n) is 17.8. The summed E-state index contributed by atoms with van der Waals surface area (Å²) >= 11 is 0. The fourth-order valence-corrected chi connectivity index (χ4v) is 3.72. The summed E-state index contributed by atoms with van der Waals surface area (Å²) in [5.41, 5.74) is 2.93. The molecule has 0 spiro atoms. The minimum atomic E-state index is -0.270. The second-order valence-electron chi connectivity index (χ2n) is 8.11. The molecule has 1 saturated heterocycles. The molecule has 2 aromatic heterocycles. The lowest BCUT2D eigenvalue weighted by Gasteiger charge is -2.32. The number of piperidine rings is 1. The topological polar surface area (TPSA) is 91.6 Å². The third kappa shape index (κ3) is 5.39. The number of amides is 2. The Bertz CT molecular complexity index is 1040. The van der Waals surface area contributed by atoms with E-state index in [4.69, 9.17) is 0 Å². The highest BCUT2D eigenvalue weighted by Crippen LogP contribution is 2.23. The van der Waals surface area contributed by atoms with Crippen LogP contribution < -0.4 is 15.5 Å². The van der Waals surface area contributed by atoms with Gasteiger partial charge in [-0.1, -0.05) is 25.1 Å². The highest BCUT2D eigenvalue weighted by Gasteiger charge is 2.16. The molecule has 3 heterocycles. The SMILES string of the molecule is CC1CCN(c2ccc(CNC(=O)CCC(=O)Nc3nnc4ccccn34)cc2)CC1. The monoisotopic (exact) mass is 420 g/mol. The van der Waals surface area contributed by atoms with E-state index in [1.54, 1.807) is 16.7 Å². The molecule has 8 nitrogen and oxygen atoms in total. The first-order chi connectivity index (χ1) is 15.1. The molecule has 1 fully saturated rings. The summed E-state index contributed by atoms with van der Waals surface area (Å²) in [5, 5.41) is 13.5. The average Bonchev–Trinajstić information content (AvgIpc) is 3.20. The Hall–Kier alpha value is -3.42. The normalized spacial score (nSPS) is 14.5. The Morgan fingerprint density at radius 3 is 2.52 bits per heavy atom. The average molecular weight is 421 g/mol. The molecule has 162 valence electrons. The van der Waals surface area contributed by atoms with Crippen LogP contribution in [0.25, 0.3) is 5.65 Å². The minimum absolute atomic E-state index is 0.0832. The first-order valence-corrected chi connectivity index (χ1v) is 10.8. The van der Waals surface area contributed by atoms with Gasteiger partial charge in [-0.2, -0.15) is 0 Å². The van der Waals surface area contributed by atoms with E-state index >= 15 is 0 Å². The summed E-state index contributed by atoms with van der Waals surface area (Å²) in [4.78, 5) is 26.7. The van der Waals surface area contributed by atoms with Crippen LogP contribution in [-0.2, 0) is 16.1 Å². The van der Waals surface area contributed by atoms with Crippen molar-refractivity contribution in [2.24, 2.45) is 5.92 Å². The number of nitrogens with one attached hydrogen (secondary N) is 2. The van der Waals surface area contributed by atoms with Crippen molar-refractivity contribution >= 4 is 29.1 Å². The van der Waals surface area contributed by atoms with Gasteiger partial charge in [0.25, 0.3) is 0 Å². The summed E-state index contributed by atoms with van der Waals surface area (Å²) in [6.45, 7) is 4.96. The maximum absolute atomic E-state index is 12.2. The van der Waals surface area contributed by atoms with E-state index in [0.29, 0.717) is 18.1 Å². The second kappa shape index (κ2) is 9.59. The molecule has 0 atom stereocenters. The van der Waals surface area contributed by atoms with Crippen LogP contribution in [0.5, 0.6) is 0 Å². The molecular formula is C23H28N6O2. The van der Waals surface area contributed by atoms with Gasteiger partial charge < -0.3 is 10.2 Å². The number of nitrogens with zero attached hydrogens (tertiary/aromatic N) is 4. The Labute approximate surface area is 181 Å². The van der Waals surface area contributed by atoms with Gasteiger partial charge >= 0.3 is 0 Å². The molecule has 1 aliphatic rings. The van der Waals surface area contributed by atoms with Crippen LogP contribution in [0.3, 0.4) is 0 Å². The van der Waals surface area contributed by atoms with Crippen molar-refractivity contribution in [2.75, 3.05) is 23.3 Å². The molecule has 1 aliphatic heterocycles. The van der Waals surface area contributed by atoms with E-state index in [9.17, 15) is 9.59 Å². The van der Waals surface area contributed by atoms with E-state index < -0.39 is 0 Å². The predicted octanol–water partition coefficient (Wildman–Crippen LogP) is 3.00. The van der Waals surface area contributed by atoms with E-state index in [0.717, 1.165) is 24.6 Å². The third-order valence-electron chi connectivity index (χ3n) is 5.72. The first kappa shape index (κ1) is 20.8. The van der Waals surface area contributed by atoms with Gasteiger partial charge in [-0.3, -0.25) is 19.3 Å². The van der Waals surface area contributed by atoms with E-state index in [-0.39, 0.29) is 24.7 Å². The van der Waals surface area contributed by atoms with Crippen molar-refractivity contribution in [3.63, 3.8) is 0 Å². The number of pyridine rings is 1. The van der Waals surface area contributed by atoms with E-state index in [1.165, 1.54) is 18.5 Å². The number of aromatic nitrogens is 3. The van der Waals surface area contributed by atoms with Crippen molar-refractivity contribution < 1.29 is 9.59 Å². The summed E-state index contributed by atoms with van der Waals surface area (Å²) < 4.78 is 1.69. The van der Waals surface area contributed by atoms with Crippen molar-refractivity contribution in [1.29, 1.82) is 0 Å². The fraction of sp³-hybridized carbons (Fsp3) is 0.391. The smallest absolute Gasteiger partial charge is 0.235 e. The first-order valence-electron chi connectivity index (χ1n) is 10.8. The van der Waals surface area contributed by atoms with Crippen molar-refractivity contribution in [3.05, 3.63) is 54.2 Å². The summed E-state index contributed by atoms with van der Waals surface area (Å²) in [7, 11) is 0. The lowest BCUT2D eigenvalue weighted by atomic mass is 9.99. The van der Waals surface area contributed by atoms with Crippen LogP contribution in [-0.4, -0.2) is 39.5 Å². The number of fused-ring (bicyclic) bond motifs is 1. The lowest BCUT2D eigenvalue weighted by molar-refractivity contribution is -0.124. The number of benzene rings is 1. The number of hydrogen-bond donors (Lipinski definition) is 2. The van der Waals surface area contributed by atoms with Crippen molar-refractivity contribution in [3.8, 4) is 0 Å². The molecule has 8 heteroatoms. The number of hydrogen-bond acceptors (Lipinski definition) is 5. The van der Waals surface area contributed by atoms with Crippen LogP contribution in [0.1, 0.15) is 38.2 Å². The fourth-order valence-electron chi connectivity index (χ4n) is 3.72. The molecule has 0 saturated carbocycles. The Morgan fingerprint density at radius 1 is 1.00 bits per heavy atom. The summed E-state index contributed by atoms with van der Waals surface area (Å²) in [6.07, 6.45) is 4.44. The minimum Gasteiger partial charge on any atom is -0.372 e. The van der Waals surface area contributed by atoms with Crippen LogP contribution in [0, 0.1) is 5.92 Å². The zero-order valence-corrected chi connectivity index (χ0v) is 17.8. The van der Waals surface area contributed by atoms with Gasteiger partial charge in [0.2, 0.25) is 17.8 Å². The number of carbonyl (C=O) groups excluding carboxylic acids is 2. The molecule has 2 amide bonds. The largest absolute Gasteiger partial charge is 0.372 e. The van der Waals surface area contributed by atoms with Gasteiger partial charge in [-0.25, -0.2) is 0 Å². The summed E-state index contributed by atoms with van der Waals surface area (Å²) in [5.74, 6) is 0.733. The quantitative estimate of drug-likeness (QED) is 0.613. The second-order valence-corrected chi connectivity index (χ2v) is 8.11. The van der Waals surface area contributed by atoms with Gasteiger partial charge in [0, 0.05) is 44.4 Å². The van der Waals surface area contributed by atoms with E-state index in [2.05, 4.69) is 56.9 Å². The van der Waals surface area contributed by atoms with Gasteiger partial charge in [-0.15, -0.1) is 10.2 Å². The molecule has 4 rings (SSSR count). The van der Waals surface area contributed by atoms with Crippen LogP contribution in [0.2, 0.25) is 0 Å². The maximum Gasteiger partial charge on any atom is 0.235 e. The van der Waals surface area contributed by atoms with Crippen molar-refractivity contribution in [1.82, 2.24) is 19.9 Å². The molecule has 0 radical (unpaired) electrons. The van der Waals surface area contributed by atoms with E-state index in [1.807, 2.05) is 12.1 Å². The predicted molar refractivity (Wildman–Crippen MR) is 120 cm³/mol. The van der Waals surface area contributed by atoms with Crippen LogP contribution in [0.4, 0.5) is 11.6 Å². The highest BCUT2D eigenvalue weighted by atomic mass is 16.2. The van der Waals surface area contributed by atoms with Crippen molar-refractivity contribution in [2.45, 2.75) is 39.2 Å². The van der Waals surface area contributed by atoms with Gasteiger partial charge in [0.05, 0.1) is 0 Å². The van der Waals surface area contributed by atoms with Crippen LogP contribution >= 0.6 is 0 Å². The van der Waals surface area contributed by atoms with Gasteiger partial charge in [0.15, 0.2) is 5.65 Å². The van der Waals surface area contributed by atoms with Crippen LogP contribution in [0.15, 0.2) is 48.7 Å². The Morgan fingerprint density at radius 2 is 1.74 bits per heavy atom. The molecule has 0 unspecified atom stereocenters. The number of anilines is 2. The maximum atomic E-state index is 12.2. The standard InChI is InChI=1S/C23H28N6O2/c1-17-11-14-28(15-12-17)19-7-5-18(6-8-19)16-24-21(30)9-10-22(31)25-23-27-26-20-4-2-3-13-29(20)23/h2-8,13,17H,9-12,14-16H2,1H3,(H,24,30)(H,25,27,31). The molecule has 31 heavy (non-hydrogen) atoms. The molecular weight excluding hydrogens is 392 g/mol. The molecule has 1 aromatic carbocycles. The zero-order chi connectivity index (χ0) is 21.6. The Balaban J connectivity index is 1.20. The molecule has 0 aliphatic carbocycles. The molecule has 3 aromatic rings. The van der Waals surface area contributed by atoms with Gasteiger partial charge in [0.1, 0.15) is 0 Å². The number of carbonyl (C=O) groups is 2. The molecule has 0 bridgehead atoms. The molecule has 2 N–H and O–H groups in total.